The Hall–Kier alpha value is -3.68. The first kappa shape index (κ1) is 54.1. The molecule has 70 heavy (non-hydrogen) atoms. The van der Waals surface area contributed by atoms with Crippen LogP contribution in [0.3, 0.4) is 0 Å². The molecule has 0 bridgehead atoms. The van der Waals surface area contributed by atoms with Crippen molar-refractivity contribution in [1.29, 1.82) is 0 Å². The van der Waals surface area contributed by atoms with E-state index in [9.17, 15) is 0 Å². The van der Waals surface area contributed by atoms with Crippen LogP contribution in [0.5, 0.6) is 0 Å². The molecule has 10 rings (SSSR count). The SMILES string of the molecule is C[Si]C.Cc1cc2c(-c3ccc([S+](Cc4ccccc4)Cc4ccccc4)cc3)cccc2[cH-]1.Cc1cc2c(-c3ccc([S+](Cc4ccccc4)Cc4ccccc4)cc3)cccc2[cH-]1.[Cl][Zr]([Cl])([Br])[Br]. The Kier molecular flexibility index (Phi) is 21.2. The maximum atomic E-state index is 5.34. The third-order valence-electron chi connectivity index (χ3n) is 11.5. The normalized spacial score (nSPS) is 11.1. The summed E-state index contributed by atoms with van der Waals surface area (Å²) in [7, 11) is 12.0. The van der Waals surface area contributed by atoms with Crippen LogP contribution in [0.25, 0.3) is 43.8 Å². The van der Waals surface area contributed by atoms with Gasteiger partial charge in [-0.15, -0.1) is 69.1 Å². The standard InChI is InChI=1S/2C30H26S.C2H6Si.2BrH.2ClH.Zr/c2*1-23-19-27-13-8-14-29(30(27)20-23)26-15-17-28(18-16-26)31(21-24-9-4-2-5-10-24)22-25-11-6-3-7-12-25;1-3-2;;;;;/h2*2-20H,21-22H2,1H3;1-2H3;4*1H;/q;;;;;;;+4/p-4. The quantitative estimate of drug-likeness (QED) is 0.0650. The van der Waals surface area contributed by atoms with Crippen LogP contribution in [0.15, 0.2) is 240 Å². The van der Waals surface area contributed by atoms with Crippen molar-refractivity contribution < 1.29 is 13.2 Å². The van der Waals surface area contributed by atoms with E-state index < -0.39 is 13.2 Å². The molecule has 0 aliphatic rings. The van der Waals surface area contributed by atoms with Gasteiger partial charge in [0.1, 0.15) is 23.0 Å². The van der Waals surface area contributed by atoms with Gasteiger partial charge in [0.2, 0.25) is 0 Å². The minimum atomic E-state index is -2.61. The number of halogens is 4. The van der Waals surface area contributed by atoms with E-state index in [0.717, 1.165) is 32.5 Å². The third-order valence-corrected chi connectivity index (χ3v) is 16.1. The van der Waals surface area contributed by atoms with Crippen LogP contribution in [0.4, 0.5) is 0 Å². The summed E-state index contributed by atoms with van der Waals surface area (Å²) in [5.74, 6) is 4.30. The van der Waals surface area contributed by atoms with Crippen molar-refractivity contribution in [2.75, 3.05) is 0 Å². The van der Waals surface area contributed by atoms with Gasteiger partial charge < -0.3 is 0 Å². The summed E-state index contributed by atoms with van der Waals surface area (Å²) in [5, 5.41) is 5.35. The Morgan fingerprint density at radius 2 is 0.686 bits per heavy atom. The predicted molar refractivity (Wildman–Crippen MR) is 318 cm³/mol. The van der Waals surface area contributed by atoms with Gasteiger partial charge in [0.05, 0.1) is 0 Å². The van der Waals surface area contributed by atoms with Crippen molar-refractivity contribution in [1.82, 2.24) is 0 Å². The molecule has 8 heteroatoms. The second-order valence-electron chi connectivity index (χ2n) is 17.2. The van der Waals surface area contributed by atoms with Crippen LogP contribution in [0.1, 0.15) is 33.4 Å². The molecule has 0 atom stereocenters. The van der Waals surface area contributed by atoms with Crippen LogP contribution < -0.4 is 0 Å². The van der Waals surface area contributed by atoms with Gasteiger partial charge in [0.15, 0.2) is 9.79 Å². The van der Waals surface area contributed by atoms with E-state index >= 15 is 0 Å². The van der Waals surface area contributed by atoms with E-state index in [-0.39, 0.29) is 21.8 Å². The predicted octanol–water partition coefficient (Wildman–Crippen LogP) is 19.7. The molecule has 0 saturated carbocycles. The van der Waals surface area contributed by atoms with Crippen LogP contribution >= 0.6 is 41.5 Å². The Bertz CT molecular complexity index is 2810. The second-order valence-corrected chi connectivity index (χ2v) is 63.4. The van der Waals surface area contributed by atoms with Crippen molar-refractivity contribution in [3.63, 3.8) is 0 Å². The van der Waals surface area contributed by atoms with E-state index in [0.29, 0.717) is 0 Å². The van der Waals surface area contributed by atoms with Crippen molar-refractivity contribution in [3.05, 3.63) is 264 Å². The zero-order valence-electron chi connectivity index (χ0n) is 40.1. The number of benzene rings is 8. The fourth-order valence-corrected chi connectivity index (χ4v) is 12.8. The van der Waals surface area contributed by atoms with E-state index in [1.807, 2.05) is 0 Å². The van der Waals surface area contributed by atoms with Gasteiger partial charge >= 0.3 is 54.6 Å². The first-order chi connectivity index (χ1) is 33.9. The molecule has 10 aromatic carbocycles. The molecule has 0 nitrogen and oxygen atoms in total. The van der Waals surface area contributed by atoms with Crippen molar-refractivity contribution in [3.8, 4) is 22.3 Å². The molecule has 0 unspecified atom stereocenters. The average Bonchev–Trinajstić information content (AvgIpc) is 3.96. The van der Waals surface area contributed by atoms with Crippen molar-refractivity contribution in [2.24, 2.45) is 0 Å². The average molecular weight is 1220 g/mol. The molecule has 10 aromatic rings. The summed E-state index contributed by atoms with van der Waals surface area (Å²) in [6.45, 7) is 8.65. The van der Waals surface area contributed by atoms with Crippen molar-refractivity contribution in [2.45, 2.75) is 59.7 Å². The van der Waals surface area contributed by atoms with E-state index in [1.54, 1.807) is 0 Å². The fraction of sp³-hybridized carbons (Fsp3) is 0.129. The molecule has 0 N–H and O–H groups in total. The van der Waals surface area contributed by atoms with Crippen LogP contribution in [-0.4, -0.2) is 9.52 Å². The number of hydrogen-bond acceptors (Lipinski definition) is 0. The van der Waals surface area contributed by atoms with E-state index in [4.69, 9.17) is 17.0 Å². The molecule has 0 aliphatic heterocycles. The van der Waals surface area contributed by atoms with Crippen LogP contribution in [0.2, 0.25) is 13.1 Å². The zero-order chi connectivity index (χ0) is 49.3. The summed E-state index contributed by atoms with van der Waals surface area (Å²) >= 11 is 3.45. The molecule has 0 aromatic heterocycles. The third kappa shape index (κ3) is 16.7. The molecule has 0 aliphatic carbocycles. The number of rotatable bonds is 12. The van der Waals surface area contributed by atoms with Gasteiger partial charge in [-0.2, -0.15) is 12.1 Å². The Morgan fingerprint density at radius 1 is 0.414 bits per heavy atom. The molecule has 0 heterocycles. The Morgan fingerprint density at radius 3 is 0.957 bits per heavy atom. The molecule has 2 radical (unpaired) electrons. The molecular formula is C62H58Br2Cl2S2SiZr. The number of hydrogen-bond donors (Lipinski definition) is 0. The molecule has 0 fully saturated rings. The van der Waals surface area contributed by atoms with Gasteiger partial charge in [-0.25, -0.2) is 0 Å². The zero-order valence-corrected chi connectivity index (χ0v) is 49.9. The van der Waals surface area contributed by atoms with Crippen molar-refractivity contribution >= 4 is 94.3 Å². The van der Waals surface area contributed by atoms with Gasteiger partial charge in [0, 0.05) is 53.6 Å². The second kappa shape index (κ2) is 27.4. The summed E-state index contributed by atoms with van der Waals surface area (Å²) < 4.78 is 0. The molecule has 0 amide bonds. The number of fused-ring (bicyclic) bond motifs is 2. The van der Waals surface area contributed by atoms with Gasteiger partial charge in [0.25, 0.3) is 0 Å². The van der Waals surface area contributed by atoms with Gasteiger partial charge in [-0.3, -0.25) is 0 Å². The molecular weight excluding hydrogens is 1160 g/mol. The monoisotopic (exact) mass is 1210 g/mol. The molecule has 354 valence electrons. The summed E-state index contributed by atoms with van der Waals surface area (Å²) in [5.41, 5.74) is 13.5. The first-order valence-corrected chi connectivity index (χ1v) is 46.0. The first-order valence-electron chi connectivity index (χ1n) is 23.3. The van der Waals surface area contributed by atoms with Crippen LogP contribution in [0, 0.1) is 13.8 Å². The van der Waals surface area contributed by atoms with Gasteiger partial charge in [-0.1, -0.05) is 196 Å². The van der Waals surface area contributed by atoms with E-state index in [1.165, 1.54) is 87.0 Å². The summed E-state index contributed by atoms with van der Waals surface area (Å²) in [4.78, 5) is 2.87. The molecule has 0 spiro atoms. The minimum absolute atomic E-state index is 0.123. The number of aryl methyl sites for hydroxylation is 2. The fourth-order valence-electron chi connectivity index (χ4n) is 8.46. The molecule has 0 saturated heterocycles. The Balaban J connectivity index is 0.000000179. The topological polar surface area (TPSA) is 0 Å². The van der Waals surface area contributed by atoms with Gasteiger partial charge in [-0.05, 0) is 35.4 Å². The van der Waals surface area contributed by atoms with Crippen LogP contribution in [-0.2, 0) is 58.0 Å². The summed E-state index contributed by atoms with van der Waals surface area (Å²) in [6, 6.07) is 84.5. The Labute approximate surface area is 448 Å². The van der Waals surface area contributed by atoms with E-state index in [2.05, 4.69) is 282 Å². The summed E-state index contributed by atoms with van der Waals surface area (Å²) in [6.07, 6.45) is 0. The maximum absolute atomic E-state index is 5.34.